The normalized spacial score (nSPS) is 14.2. The molecule has 0 saturated carbocycles. The molecule has 1 heterocycles. The summed E-state index contributed by atoms with van der Waals surface area (Å²) in [6.45, 7) is 2.07. The van der Waals surface area contributed by atoms with Gasteiger partial charge in [-0.3, -0.25) is 4.84 Å². The third-order valence-electron chi connectivity index (χ3n) is 2.63. The molecule has 1 fully saturated rings. The SMILES string of the molecule is Cl.O=C(NOCc1ccccc1)N1CCCC1. The molecule has 0 bridgehead atoms. The Bertz CT molecular complexity index is 340. The largest absolute Gasteiger partial charge is 0.341 e. The number of carbonyl (C=O) groups is 1. The van der Waals surface area contributed by atoms with E-state index < -0.39 is 0 Å². The molecule has 1 aliphatic heterocycles. The van der Waals surface area contributed by atoms with Gasteiger partial charge < -0.3 is 4.90 Å². The Balaban J connectivity index is 0.00000144. The third kappa shape index (κ3) is 4.24. The van der Waals surface area contributed by atoms with Crippen LogP contribution in [-0.4, -0.2) is 24.0 Å². The summed E-state index contributed by atoms with van der Waals surface area (Å²) in [5.41, 5.74) is 3.51. The predicted octanol–water partition coefficient (Wildman–Crippen LogP) is 2.35. The van der Waals surface area contributed by atoms with E-state index in [2.05, 4.69) is 5.48 Å². The first kappa shape index (κ1) is 13.8. The zero-order chi connectivity index (χ0) is 11.2. The molecule has 1 aliphatic rings. The van der Waals surface area contributed by atoms with Crippen LogP contribution in [0.5, 0.6) is 0 Å². The van der Waals surface area contributed by atoms with Gasteiger partial charge in [0, 0.05) is 13.1 Å². The van der Waals surface area contributed by atoms with Gasteiger partial charge >= 0.3 is 6.03 Å². The molecular weight excluding hydrogens is 240 g/mol. The van der Waals surface area contributed by atoms with Crippen molar-refractivity contribution in [3.8, 4) is 0 Å². The Kier molecular flexibility index (Phi) is 5.80. The van der Waals surface area contributed by atoms with E-state index in [0.717, 1.165) is 31.5 Å². The first-order valence-electron chi connectivity index (χ1n) is 5.57. The van der Waals surface area contributed by atoms with Gasteiger partial charge in [0.05, 0.1) is 6.61 Å². The van der Waals surface area contributed by atoms with Crippen LogP contribution in [0.15, 0.2) is 30.3 Å². The summed E-state index contributed by atoms with van der Waals surface area (Å²) in [5.74, 6) is 0. The highest BCUT2D eigenvalue weighted by molar-refractivity contribution is 5.85. The fourth-order valence-electron chi connectivity index (χ4n) is 1.74. The lowest BCUT2D eigenvalue weighted by Gasteiger charge is -2.15. The van der Waals surface area contributed by atoms with Crippen molar-refractivity contribution in [2.75, 3.05) is 13.1 Å². The lowest BCUT2D eigenvalue weighted by Crippen LogP contribution is -2.37. The average Bonchev–Trinajstić information content (AvgIpc) is 2.84. The van der Waals surface area contributed by atoms with Gasteiger partial charge in [0.2, 0.25) is 0 Å². The summed E-state index contributed by atoms with van der Waals surface area (Å²) in [6, 6.07) is 9.63. The molecule has 1 aromatic carbocycles. The number of hydroxylamine groups is 1. The van der Waals surface area contributed by atoms with E-state index in [1.54, 1.807) is 4.90 Å². The lowest BCUT2D eigenvalue weighted by molar-refractivity contribution is 0.0387. The van der Waals surface area contributed by atoms with Crippen LogP contribution in [0, 0.1) is 0 Å². The second-order valence-electron chi connectivity index (χ2n) is 3.88. The number of hydrogen-bond donors (Lipinski definition) is 1. The van der Waals surface area contributed by atoms with Crippen molar-refractivity contribution in [1.82, 2.24) is 10.4 Å². The number of amides is 2. The molecule has 4 nitrogen and oxygen atoms in total. The zero-order valence-corrected chi connectivity index (χ0v) is 10.4. The number of nitrogens with one attached hydrogen (secondary N) is 1. The maximum Gasteiger partial charge on any atom is 0.341 e. The van der Waals surface area contributed by atoms with E-state index in [1.165, 1.54) is 0 Å². The number of likely N-dealkylation sites (tertiary alicyclic amines) is 1. The predicted molar refractivity (Wildman–Crippen MR) is 67.8 cm³/mol. The van der Waals surface area contributed by atoms with Crippen molar-refractivity contribution in [2.45, 2.75) is 19.4 Å². The van der Waals surface area contributed by atoms with E-state index in [-0.39, 0.29) is 18.4 Å². The topological polar surface area (TPSA) is 41.6 Å². The second-order valence-corrected chi connectivity index (χ2v) is 3.88. The van der Waals surface area contributed by atoms with Gasteiger partial charge in [-0.05, 0) is 18.4 Å². The Morgan fingerprint density at radius 1 is 1.24 bits per heavy atom. The van der Waals surface area contributed by atoms with Gasteiger partial charge in [-0.15, -0.1) is 12.4 Å². The van der Waals surface area contributed by atoms with Crippen molar-refractivity contribution in [3.63, 3.8) is 0 Å². The van der Waals surface area contributed by atoms with Crippen molar-refractivity contribution >= 4 is 18.4 Å². The molecule has 0 unspecified atom stereocenters. The van der Waals surface area contributed by atoms with Crippen molar-refractivity contribution in [3.05, 3.63) is 35.9 Å². The van der Waals surface area contributed by atoms with Crippen LogP contribution in [0.1, 0.15) is 18.4 Å². The Morgan fingerprint density at radius 2 is 1.88 bits per heavy atom. The summed E-state index contributed by atoms with van der Waals surface area (Å²) in [6.07, 6.45) is 2.18. The van der Waals surface area contributed by atoms with Crippen molar-refractivity contribution < 1.29 is 9.63 Å². The Labute approximate surface area is 107 Å². The fraction of sp³-hybridized carbons (Fsp3) is 0.417. The van der Waals surface area contributed by atoms with Crippen LogP contribution < -0.4 is 5.48 Å². The highest BCUT2D eigenvalue weighted by Gasteiger charge is 2.17. The van der Waals surface area contributed by atoms with Crippen molar-refractivity contribution in [2.24, 2.45) is 0 Å². The molecule has 2 rings (SSSR count). The number of rotatable bonds is 3. The molecular formula is C12H17ClN2O2. The quantitative estimate of drug-likeness (QED) is 0.844. The number of hydrogen-bond acceptors (Lipinski definition) is 2. The smallest absolute Gasteiger partial charge is 0.323 e. The Morgan fingerprint density at radius 3 is 2.53 bits per heavy atom. The summed E-state index contributed by atoms with van der Waals surface area (Å²) in [5, 5.41) is 0. The first-order chi connectivity index (χ1) is 7.86. The fourth-order valence-corrected chi connectivity index (χ4v) is 1.74. The van der Waals surface area contributed by atoms with Gasteiger partial charge in [-0.2, -0.15) is 0 Å². The van der Waals surface area contributed by atoms with Gasteiger partial charge in [0.25, 0.3) is 0 Å². The van der Waals surface area contributed by atoms with Gasteiger partial charge in [0.15, 0.2) is 0 Å². The molecule has 5 heteroatoms. The van der Waals surface area contributed by atoms with E-state index in [9.17, 15) is 4.79 Å². The third-order valence-corrected chi connectivity index (χ3v) is 2.63. The molecule has 2 amide bonds. The maximum atomic E-state index is 11.5. The second kappa shape index (κ2) is 7.14. The van der Waals surface area contributed by atoms with Gasteiger partial charge in [-0.1, -0.05) is 30.3 Å². The standard InChI is InChI=1S/C12H16N2O2.ClH/c15-12(14-8-4-5-9-14)13-16-10-11-6-2-1-3-7-11;/h1-3,6-7H,4-5,8-10H2,(H,13,15);1H. The van der Waals surface area contributed by atoms with Crippen LogP contribution in [0.3, 0.4) is 0 Å². The van der Waals surface area contributed by atoms with Gasteiger partial charge in [0.1, 0.15) is 0 Å². The number of carbonyl (C=O) groups excluding carboxylic acids is 1. The zero-order valence-electron chi connectivity index (χ0n) is 9.59. The van der Waals surface area contributed by atoms with E-state index in [1.807, 2.05) is 30.3 Å². The molecule has 0 atom stereocenters. The van der Waals surface area contributed by atoms with E-state index in [0.29, 0.717) is 6.61 Å². The maximum absolute atomic E-state index is 11.5. The number of benzene rings is 1. The van der Waals surface area contributed by atoms with Crippen LogP contribution in [0.25, 0.3) is 0 Å². The molecule has 0 aliphatic carbocycles. The van der Waals surface area contributed by atoms with Crippen LogP contribution in [0.2, 0.25) is 0 Å². The van der Waals surface area contributed by atoms with E-state index >= 15 is 0 Å². The average molecular weight is 257 g/mol. The number of urea groups is 1. The summed E-state index contributed by atoms with van der Waals surface area (Å²) < 4.78 is 0. The highest BCUT2D eigenvalue weighted by Crippen LogP contribution is 2.07. The van der Waals surface area contributed by atoms with E-state index in [4.69, 9.17) is 4.84 Å². The molecule has 1 aromatic rings. The highest BCUT2D eigenvalue weighted by atomic mass is 35.5. The minimum Gasteiger partial charge on any atom is -0.323 e. The molecule has 17 heavy (non-hydrogen) atoms. The molecule has 94 valence electrons. The molecule has 1 N–H and O–H groups in total. The molecule has 0 spiro atoms. The van der Waals surface area contributed by atoms with Crippen molar-refractivity contribution in [1.29, 1.82) is 0 Å². The lowest BCUT2D eigenvalue weighted by atomic mass is 10.2. The minimum atomic E-state index is -0.131. The first-order valence-corrected chi connectivity index (χ1v) is 5.57. The monoisotopic (exact) mass is 256 g/mol. The number of nitrogens with zero attached hydrogens (tertiary/aromatic N) is 1. The Hall–Kier alpha value is -1.26. The van der Waals surface area contributed by atoms with Crippen LogP contribution in [0.4, 0.5) is 4.79 Å². The summed E-state index contributed by atoms with van der Waals surface area (Å²) in [7, 11) is 0. The number of halogens is 1. The molecule has 0 radical (unpaired) electrons. The summed E-state index contributed by atoms with van der Waals surface area (Å²) in [4.78, 5) is 18.4. The summed E-state index contributed by atoms with van der Waals surface area (Å²) >= 11 is 0. The minimum absolute atomic E-state index is 0. The van der Waals surface area contributed by atoms with Gasteiger partial charge in [-0.25, -0.2) is 10.3 Å². The molecule has 1 saturated heterocycles. The molecule has 0 aromatic heterocycles. The van der Waals surface area contributed by atoms with Crippen LogP contribution >= 0.6 is 12.4 Å². The van der Waals surface area contributed by atoms with Crippen LogP contribution in [-0.2, 0) is 11.4 Å².